The van der Waals surface area contributed by atoms with Crippen LogP contribution in [0.3, 0.4) is 0 Å². The summed E-state index contributed by atoms with van der Waals surface area (Å²) < 4.78 is 5.21. The van der Waals surface area contributed by atoms with Gasteiger partial charge in [0.1, 0.15) is 5.75 Å². The molecule has 0 saturated carbocycles. The Labute approximate surface area is 125 Å². The van der Waals surface area contributed by atoms with Gasteiger partial charge in [0.25, 0.3) is 0 Å². The van der Waals surface area contributed by atoms with Crippen LogP contribution in [0.1, 0.15) is 13.3 Å². The zero-order chi connectivity index (χ0) is 14.8. The van der Waals surface area contributed by atoms with E-state index < -0.39 is 0 Å². The Hall–Kier alpha value is -1.52. The van der Waals surface area contributed by atoms with Crippen LogP contribution in [0.4, 0.5) is 5.69 Å². The lowest BCUT2D eigenvalue weighted by Gasteiger charge is -2.19. The van der Waals surface area contributed by atoms with Crippen molar-refractivity contribution < 1.29 is 9.53 Å². The second kappa shape index (κ2) is 9.39. The summed E-state index contributed by atoms with van der Waals surface area (Å²) in [7, 11) is 1.58. The van der Waals surface area contributed by atoms with E-state index in [0.29, 0.717) is 24.5 Å². The van der Waals surface area contributed by atoms with Crippen LogP contribution in [0.5, 0.6) is 5.75 Å². The number of nitrogens with zero attached hydrogens (tertiary/aromatic N) is 1. The number of rotatable bonds is 8. The van der Waals surface area contributed by atoms with Crippen molar-refractivity contribution in [2.75, 3.05) is 32.1 Å². The maximum Gasteiger partial charge on any atom is 0.238 e. The fourth-order valence-electron chi connectivity index (χ4n) is 1.88. The van der Waals surface area contributed by atoms with Crippen molar-refractivity contribution in [1.29, 1.82) is 0 Å². The van der Waals surface area contributed by atoms with Gasteiger partial charge >= 0.3 is 0 Å². The number of halogens is 1. The van der Waals surface area contributed by atoms with Gasteiger partial charge in [0.2, 0.25) is 5.91 Å². The molecule has 1 aromatic carbocycles. The van der Waals surface area contributed by atoms with Gasteiger partial charge in [0.05, 0.1) is 19.3 Å². The molecule has 1 rings (SSSR count). The van der Waals surface area contributed by atoms with E-state index in [1.165, 1.54) is 5.54 Å². The summed E-state index contributed by atoms with van der Waals surface area (Å²) in [6.07, 6.45) is 2.81. The Morgan fingerprint density at radius 1 is 1.45 bits per heavy atom. The SMILES string of the molecule is CCCN(CC=CCl)CC(=O)Nc1ccccc1OC. The van der Waals surface area contributed by atoms with Crippen molar-refractivity contribution >= 4 is 23.2 Å². The molecule has 0 radical (unpaired) electrons. The van der Waals surface area contributed by atoms with E-state index in [1.54, 1.807) is 7.11 Å². The minimum absolute atomic E-state index is 0.0640. The average molecular weight is 297 g/mol. The summed E-state index contributed by atoms with van der Waals surface area (Å²) in [5.74, 6) is 0.592. The van der Waals surface area contributed by atoms with Crippen LogP contribution < -0.4 is 10.1 Å². The van der Waals surface area contributed by atoms with Crippen molar-refractivity contribution in [3.8, 4) is 5.75 Å². The standard InChI is InChI=1S/C15H21ClN2O2/c1-3-10-18(11-6-9-16)12-15(19)17-13-7-4-5-8-14(13)20-2/h4-9H,3,10-12H2,1-2H3,(H,17,19). The van der Waals surface area contributed by atoms with Gasteiger partial charge in [0.15, 0.2) is 0 Å². The summed E-state index contributed by atoms with van der Waals surface area (Å²) in [6.45, 7) is 3.92. The first kappa shape index (κ1) is 16.5. The number of ether oxygens (including phenoxy) is 1. The predicted molar refractivity (Wildman–Crippen MR) is 83.3 cm³/mol. The Bertz CT molecular complexity index is 449. The van der Waals surface area contributed by atoms with Crippen LogP contribution in [0.25, 0.3) is 0 Å². The number of amides is 1. The molecule has 1 aromatic rings. The molecule has 0 aromatic heterocycles. The lowest BCUT2D eigenvalue weighted by molar-refractivity contribution is -0.117. The molecule has 1 amide bonds. The van der Waals surface area contributed by atoms with Crippen LogP contribution in [-0.4, -0.2) is 37.6 Å². The van der Waals surface area contributed by atoms with E-state index in [2.05, 4.69) is 12.2 Å². The average Bonchev–Trinajstić information content (AvgIpc) is 2.45. The largest absolute Gasteiger partial charge is 0.495 e. The molecule has 0 atom stereocenters. The summed E-state index contributed by atoms with van der Waals surface area (Å²) in [5.41, 5.74) is 2.16. The highest BCUT2D eigenvalue weighted by Crippen LogP contribution is 2.22. The highest BCUT2D eigenvalue weighted by atomic mass is 35.5. The van der Waals surface area contributed by atoms with Gasteiger partial charge in [-0.1, -0.05) is 36.7 Å². The highest BCUT2D eigenvalue weighted by Gasteiger charge is 2.11. The van der Waals surface area contributed by atoms with E-state index in [-0.39, 0.29) is 5.91 Å². The molecule has 1 N–H and O–H groups in total. The third-order valence-electron chi connectivity index (χ3n) is 2.74. The van der Waals surface area contributed by atoms with Crippen LogP contribution in [0.15, 0.2) is 35.9 Å². The number of hydrogen-bond donors (Lipinski definition) is 1. The van der Waals surface area contributed by atoms with Gasteiger partial charge < -0.3 is 10.1 Å². The first-order chi connectivity index (χ1) is 9.71. The maximum atomic E-state index is 12.1. The van der Waals surface area contributed by atoms with Crippen molar-refractivity contribution in [3.05, 3.63) is 35.9 Å². The van der Waals surface area contributed by atoms with Gasteiger partial charge in [-0.25, -0.2) is 0 Å². The van der Waals surface area contributed by atoms with E-state index in [0.717, 1.165) is 13.0 Å². The van der Waals surface area contributed by atoms with Gasteiger partial charge in [-0.15, -0.1) is 0 Å². The molecule has 0 unspecified atom stereocenters. The van der Waals surface area contributed by atoms with Gasteiger partial charge in [-0.3, -0.25) is 9.69 Å². The van der Waals surface area contributed by atoms with Crippen LogP contribution in [-0.2, 0) is 4.79 Å². The zero-order valence-electron chi connectivity index (χ0n) is 11.9. The Morgan fingerprint density at radius 3 is 2.85 bits per heavy atom. The molecule has 0 aliphatic rings. The van der Waals surface area contributed by atoms with E-state index in [4.69, 9.17) is 16.3 Å². The second-order valence-electron chi connectivity index (χ2n) is 4.35. The van der Waals surface area contributed by atoms with Crippen LogP contribution in [0, 0.1) is 0 Å². The maximum absolute atomic E-state index is 12.1. The summed E-state index contributed by atoms with van der Waals surface area (Å²) in [6, 6.07) is 7.36. The normalized spacial score (nSPS) is 11.0. The Kier molecular flexibility index (Phi) is 7.77. The van der Waals surface area contributed by atoms with Crippen LogP contribution >= 0.6 is 11.6 Å². The molecular formula is C15H21ClN2O2. The monoisotopic (exact) mass is 296 g/mol. The molecule has 0 saturated heterocycles. The lowest BCUT2D eigenvalue weighted by Crippen LogP contribution is -2.34. The van der Waals surface area contributed by atoms with Gasteiger partial charge in [-0.2, -0.15) is 0 Å². The molecule has 110 valence electrons. The summed E-state index contributed by atoms with van der Waals surface area (Å²) in [4.78, 5) is 14.1. The minimum atomic E-state index is -0.0640. The third kappa shape index (κ3) is 5.63. The zero-order valence-corrected chi connectivity index (χ0v) is 12.7. The highest BCUT2D eigenvalue weighted by molar-refractivity contribution is 6.25. The molecule has 0 fully saturated rings. The van der Waals surface area contributed by atoms with Gasteiger partial charge in [-0.05, 0) is 25.1 Å². The molecule has 5 heteroatoms. The van der Waals surface area contributed by atoms with E-state index in [9.17, 15) is 4.79 Å². The molecule has 0 bridgehead atoms. The summed E-state index contributed by atoms with van der Waals surface area (Å²) >= 11 is 5.53. The smallest absolute Gasteiger partial charge is 0.238 e. The number of carbonyl (C=O) groups is 1. The summed E-state index contributed by atoms with van der Waals surface area (Å²) in [5, 5.41) is 2.86. The molecule has 20 heavy (non-hydrogen) atoms. The number of nitrogens with one attached hydrogen (secondary N) is 1. The number of methoxy groups -OCH3 is 1. The fourth-order valence-corrected chi connectivity index (χ4v) is 1.96. The molecule has 0 aliphatic heterocycles. The fraction of sp³-hybridized carbons (Fsp3) is 0.400. The van der Waals surface area contributed by atoms with E-state index >= 15 is 0 Å². The number of benzene rings is 1. The molecule has 0 aliphatic carbocycles. The number of hydrogen-bond acceptors (Lipinski definition) is 3. The van der Waals surface area contributed by atoms with E-state index in [1.807, 2.05) is 35.2 Å². The Balaban J connectivity index is 2.60. The molecule has 0 spiro atoms. The van der Waals surface area contributed by atoms with Gasteiger partial charge in [0, 0.05) is 12.1 Å². The van der Waals surface area contributed by atoms with Crippen molar-refractivity contribution in [2.45, 2.75) is 13.3 Å². The quantitative estimate of drug-likeness (QED) is 0.801. The predicted octanol–water partition coefficient (Wildman–Crippen LogP) is 3.10. The molecular weight excluding hydrogens is 276 g/mol. The lowest BCUT2D eigenvalue weighted by atomic mass is 10.3. The Morgan fingerprint density at radius 2 is 2.20 bits per heavy atom. The van der Waals surface area contributed by atoms with Crippen LogP contribution in [0.2, 0.25) is 0 Å². The first-order valence-corrected chi connectivity index (χ1v) is 7.05. The second-order valence-corrected chi connectivity index (χ2v) is 4.60. The number of carbonyl (C=O) groups excluding carboxylic acids is 1. The van der Waals surface area contributed by atoms with Crippen molar-refractivity contribution in [3.63, 3.8) is 0 Å². The van der Waals surface area contributed by atoms with Crippen molar-refractivity contribution in [1.82, 2.24) is 4.90 Å². The molecule has 4 nitrogen and oxygen atoms in total. The van der Waals surface area contributed by atoms with Crippen molar-refractivity contribution in [2.24, 2.45) is 0 Å². The number of para-hydroxylation sites is 2. The molecule has 0 heterocycles. The first-order valence-electron chi connectivity index (χ1n) is 6.61. The topological polar surface area (TPSA) is 41.6 Å². The minimum Gasteiger partial charge on any atom is -0.495 e. The third-order valence-corrected chi connectivity index (χ3v) is 2.92. The number of anilines is 1.